The summed E-state index contributed by atoms with van der Waals surface area (Å²) in [6.07, 6.45) is -1.99. The quantitative estimate of drug-likeness (QED) is 0.206. The summed E-state index contributed by atoms with van der Waals surface area (Å²) in [7, 11) is 0. The molecule has 0 radical (unpaired) electrons. The highest BCUT2D eigenvalue weighted by molar-refractivity contribution is 14.1. The smallest absolute Gasteiger partial charge is 0.338 e. The average molecular weight is 671 g/mol. The number of hydrogen-bond acceptors (Lipinski definition) is 10. The summed E-state index contributed by atoms with van der Waals surface area (Å²) in [6, 6.07) is 14.2. The standard InChI is InChI=1S/C29H30IN5O6/c1-15(2)39-26-23-24(30)35(34-25(23)32-29(31)33-26)22-13-20(41-28(37)19-11-7-17(4)8-12-19)21(40-22)14-38-27(36)18-9-5-16(3)6-10-18/h5-12,15,20-22H,13-14H2,1-4H3,(H2,31,32,34)/t20-,21+,22+/m0/s1. The van der Waals surface area contributed by atoms with Crippen LogP contribution in [0.15, 0.2) is 48.5 Å². The molecule has 214 valence electrons. The van der Waals surface area contributed by atoms with E-state index in [1.165, 1.54) is 0 Å². The van der Waals surface area contributed by atoms with Crippen LogP contribution in [0.4, 0.5) is 5.95 Å². The highest BCUT2D eigenvalue weighted by Gasteiger charge is 2.41. The molecule has 4 aromatic rings. The maximum Gasteiger partial charge on any atom is 0.338 e. The van der Waals surface area contributed by atoms with Crippen molar-refractivity contribution in [3.63, 3.8) is 0 Å². The van der Waals surface area contributed by atoms with E-state index in [9.17, 15) is 9.59 Å². The van der Waals surface area contributed by atoms with Gasteiger partial charge in [-0.3, -0.25) is 0 Å². The Morgan fingerprint density at radius 1 is 1.02 bits per heavy atom. The van der Waals surface area contributed by atoms with Crippen molar-refractivity contribution in [1.29, 1.82) is 0 Å². The molecule has 41 heavy (non-hydrogen) atoms. The highest BCUT2D eigenvalue weighted by atomic mass is 127. The van der Waals surface area contributed by atoms with Crippen LogP contribution in [-0.2, 0) is 14.2 Å². The second-order valence-electron chi connectivity index (χ2n) is 10.1. The number of ether oxygens (including phenoxy) is 4. The lowest BCUT2D eigenvalue weighted by Crippen LogP contribution is -2.32. The van der Waals surface area contributed by atoms with Crippen LogP contribution in [0.2, 0.25) is 0 Å². The van der Waals surface area contributed by atoms with Gasteiger partial charge in [0, 0.05) is 6.42 Å². The maximum atomic E-state index is 13.0. The molecule has 3 atom stereocenters. The Bertz CT molecular complexity index is 1570. The zero-order valence-electron chi connectivity index (χ0n) is 23.0. The highest BCUT2D eigenvalue weighted by Crippen LogP contribution is 2.36. The first kappa shape index (κ1) is 28.7. The number of aromatic nitrogens is 4. The summed E-state index contributed by atoms with van der Waals surface area (Å²) >= 11 is 2.13. The molecule has 1 aliphatic heterocycles. The molecule has 3 heterocycles. The zero-order chi connectivity index (χ0) is 29.3. The monoisotopic (exact) mass is 671 g/mol. The predicted octanol–water partition coefficient (Wildman–Crippen LogP) is 4.79. The normalized spacial score (nSPS) is 18.5. The molecule has 0 spiro atoms. The molecule has 5 rings (SSSR count). The Hall–Kier alpha value is -3.78. The van der Waals surface area contributed by atoms with E-state index in [0.717, 1.165) is 11.1 Å². The number of anilines is 1. The number of hydrogen-bond donors (Lipinski definition) is 1. The third-order valence-corrected chi connectivity index (χ3v) is 7.53. The number of nitrogen functional groups attached to an aromatic ring is 1. The molecule has 0 unspecified atom stereocenters. The van der Waals surface area contributed by atoms with Gasteiger partial charge in [-0.1, -0.05) is 35.4 Å². The van der Waals surface area contributed by atoms with Gasteiger partial charge in [-0.2, -0.15) is 9.97 Å². The summed E-state index contributed by atoms with van der Waals surface area (Å²) in [4.78, 5) is 34.3. The van der Waals surface area contributed by atoms with E-state index in [4.69, 9.17) is 24.7 Å². The van der Waals surface area contributed by atoms with Crippen molar-refractivity contribution in [3.8, 4) is 5.88 Å². The number of benzene rings is 2. The van der Waals surface area contributed by atoms with Crippen molar-refractivity contribution < 1.29 is 28.5 Å². The number of rotatable bonds is 8. The van der Waals surface area contributed by atoms with Gasteiger partial charge in [0.05, 0.1) is 17.2 Å². The number of nitrogens with zero attached hydrogens (tertiary/aromatic N) is 4. The third kappa shape index (κ3) is 6.43. The average Bonchev–Trinajstić information content (AvgIpc) is 3.47. The number of aryl methyl sites for hydroxylation is 2. The van der Waals surface area contributed by atoms with Crippen LogP contribution in [0.1, 0.15) is 58.3 Å². The Labute approximate surface area is 250 Å². The molecule has 2 N–H and O–H groups in total. The Balaban J connectivity index is 1.41. The summed E-state index contributed by atoms with van der Waals surface area (Å²) < 4.78 is 26.0. The fraction of sp³-hybridized carbons (Fsp3) is 0.345. The lowest BCUT2D eigenvalue weighted by Gasteiger charge is -2.19. The molecule has 1 fully saturated rings. The van der Waals surface area contributed by atoms with Crippen LogP contribution in [0.25, 0.3) is 11.0 Å². The molecule has 11 nitrogen and oxygen atoms in total. The maximum absolute atomic E-state index is 13.0. The molecule has 0 amide bonds. The topological polar surface area (TPSA) is 141 Å². The molecular formula is C29H30IN5O6. The fourth-order valence-electron chi connectivity index (χ4n) is 4.41. The van der Waals surface area contributed by atoms with Crippen LogP contribution >= 0.6 is 22.6 Å². The molecular weight excluding hydrogens is 641 g/mol. The summed E-state index contributed by atoms with van der Waals surface area (Å²) in [5, 5.41) is 5.21. The largest absolute Gasteiger partial charge is 0.474 e. The Morgan fingerprint density at radius 2 is 1.63 bits per heavy atom. The first-order valence-corrected chi connectivity index (χ1v) is 14.2. The van der Waals surface area contributed by atoms with Crippen LogP contribution < -0.4 is 10.5 Å². The Morgan fingerprint density at radius 3 is 2.24 bits per heavy atom. The lowest BCUT2D eigenvalue weighted by molar-refractivity contribution is -0.0605. The second-order valence-corrected chi connectivity index (χ2v) is 11.1. The van der Waals surface area contributed by atoms with E-state index in [2.05, 4.69) is 37.7 Å². The van der Waals surface area contributed by atoms with Gasteiger partial charge in [-0.15, -0.1) is 5.10 Å². The zero-order valence-corrected chi connectivity index (χ0v) is 25.2. The molecule has 2 aromatic carbocycles. The first-order chi connectivity index (χ1) is 19.6. The molecule has 0 saturated carbocycles. The van der Waals surface area contributed by atoms with Gasteiger partial charge < -0.3 is 24.7 Å². The minimum Gasteiger partial charge on any atom is -0.474 e. The van der Waals surface area contributed by atoms with Gasteiger partial charge in [-0.25, -0.2) is 14.3 Å². The van der Waals surface area contributed by atoms with Crippen molar-refractivity contribution >= 4 is 51.5 Å². The van der Waals surface area contributed by atoms with Gasteiger partial charge in [0.15, 0.2) is 11.9 Å². The van der Waals surface area contributed by atoms with Crippen LogP contribution in [0.3, 0.4) is 0 Å². The van der Waals surface area contributed by atoms with Gasteiger partial charge >= 0.3 is 11.9 Å². The molecule has 2 aromatic heterocycles. The van der Waals surface area contributed by atoms with Crippen molar-refractivity contribution in [2.24, 2.45) is 0 Å². The van der Waals surface area contributed by atoms with E-state index in [0.29, 0.717) is 31.7 Å². The number of esters is 2. The van der Waals surface area contributed by atoms with E-state index < -0.39 is 30.4 Å². The van der Waals surface area contributed by atoms with Gasteiger partial charge in [0.2, 0.25) is 11.8 Å². The van der Waals surface area contributed by atoms with Gasteiger partial charge in [0.25, 0.3) is 0 Å². The number of carbonyl (C=O) groups is 2. The van der Waals surface area contributed by atoms with E-state index in [1.807, 2.05) is 52.0 Å². The van der Waals surface area contributed by atoms with Gasteiger partial charge in [-0.05, 0) is 74.6 Å². The van der Waals surface area contributed by atoms with Crippen molar-refractivity contribution in [3.05, 3.63) is 74.5 Å². The van der Waals surface area contributed by atoms with Crippen molar-refractivity contribution in [2.75, 3.05) is 12.3 Å². The van der Waals surface area contributed by atoms with Crippen molar-refractivity contribution in [2.45, 2.75) is 58.7 Å². The number of fused-ring (bicyclic) bond motifs is 1. The Kier molecular flexibility index (Phi) is 8.40. The summed E-state index contributed by atoms with van der Waals surface area (Å²) in [6.45, 7) is 7.52. The van der Waals surface area contributed by atoms with E-state index in [-0.39, 0.29) is 25.1 Å². The molecule has 12 heteroatoms. The van der Waals surface area contributed by atoms with Crippen molar-refractivity contribution in [1.82, 2.24) is 19.7 Å². The second kappa shape index (κ2) is 12.0. The minimum atomic E-state index is -0.741. The molecule has 1 aliphatic rings. The number of carbonyl (C=O) groups excluding carboxylic acids is 2. The third-order valence-electron chi connectivity index (χ3n) is 6.50. The first-order valence-electron chi connectivity index (χ1n) is 13.1. The summed E-state index contributed by atoms with van der Waals surface area (Å²) in [5.74, 6) is -0.642. The molecule has 1 saturated heterocycles. The minimum absolute atomic E-state index is 0.0346. The van der Waals surface area contributed by atoms with Crippen LogP contribution in [0.5, 0.6) is 5.88 Å². The van der Waals surface area contributed by atoms with Gasteiger partial charge in [0.1, 0.15) is 27.9 Å². The predicted molar refractivity (Wildman–Crippen MR) is 159 cm³/mol. The van der Waals surface area contributed by atoms with E-state index in [1.54, 1.807) is 28.9 Å². The lowest BCUT2D eigenvalue weighted by atomic mass is 10.1. The number of halogens is 1. The van der Waals surface area contributed by atoms with Crippen LogP contribution in [-0.4, -0.2) is 56.6 Å². The van der Waals surface area contributed by atoms with Crippen LogP contribution in [0, 0.1) is 17.5 Å². The molecule has 0 aliphatic carbocycles. The SMILES string of the molecule is Cc1ccc(C(=O)OC[C@H]2O[C@@H](n3nc4nc(N)nc(OC(C)C)c4c3I)C[C@@H]2OC(=O)c2ccc(C)cc2)cc1. The van der Waals surface area contributed by atoms with E-state index >= 15 is 0 Å². The fourth-order valence-corrected chi connectivity index (χ4v) is 5.30. The molecule has 0 bridgehead atoms. The number of nitrogens with two attached hydrogens (primary N) is 1. The summed E-state index contributed by atoms with van der Waals surface area (Å²) in [5.41, 5.74) is 9.14.